The molecule has 0 aliphatic heterocycles. The van der Waals surface area contributed by atoms with E-state index in [9.17, 15) is 24.3 Å². The second-order valence-corrected chi connectivity index (χ2v) is 9.62. The summed E-state index contributed by atoms with van der Waals surface area (Å²) in [4.78, 5) is 49.9. The van der Waals surface area contributed by atoms with Crippen LogP contribution < -0.4 is 16.0 Å². The number of benzene rings is 1. The first-order chi connectivity index (χ1) is 16.5. The van der Waals surface area contributed by atoms with Crippen molar-refractivity contribution in [3.05, 3.63) is 35.9 Å². The molecule has 0 bridgehead atoms. The minimum absolute atomic E-state index is 0.0649. The van der Waals surface area contributed by atoms with Crippen LogP contribution in [0.5, 0.6) is 0 Å². The Morgan fingerprint density at radius 1 is 0.829 bits per heavy atom. The molecule has 0 heterocycles. The van der Waals surface area contributed by atoms with Gasteiger partial charge in [-0.3, -0.25) is 9.59 Å². The fourth-order valence-corrected chi connectivity index (χ4v) is 3.52. The number of carboxylic acid groups (broad SMARTS) is 1. The summed E-state index contributed by atoms with van der Waals surface area (Å²) >= 11 is 0. The lowest BCUT2D eigenvalue weighted by molar-refractivity contribution is -0.142. The van der Waals surface area contributed by atoms with Crippen molar-refractivity contribution >= 4 is 23.9 Å². The summed E-state index contributed by atoms with van der Waals surface area (Å²) in [7, 11) is 0. The highest BCUT2D eigenvalue weighted by atomic mass is 16.5. The lowest BCUT2D eigenvalue weighted by Crippen LogP contribution is -2.56. The van der Waals surface area contributed by atoms with Gasteiger partial charge < -0.3 is 25.8 Å². The van der Waals surface area contributed by atoms with Crippen molar-refractivity contribution < 1.29 is 29.0 Å². The minimum Gasteiger partial charge on any atom is -0.480 e. The number of nitrogens with one attached hydrogen (secondary N) is 3. The third-order valence-corrected chi connectivity index (χ3v) is 5.33. The SMILES string of the molecule is CCCCC(NC(=O)[C@H](CC(C)C)NC(=O)[C@H](CC(C)C)NC(=O)OCc1ccccc1)C(=O)O. The molecule has 0 aliphatic rings. The molecule has 4 N–H and O–H groups in total. The number of rotatable bonds is 15. The monoisotopic (exact) mass is 491 g/mol. The maximum absolute atomic E-state index is 13.1. The number of carboxylic acids is 1. The smallest absolute Gasteiger partial charge is 0.408 e. The zero-order valence-electron chi connectivity index (χ0n) is 21.5. The van der Waals surface area contributed by atoms with E-state index in [4.69, 9.17) is 4.74 Å². The van der Waals surface area contributed by atoms with E-state index in [1.54, 1.807) is 0 Å². The van der Waals surface area contributed by atoms with Crippen LogP contribution in [0.15, 0.2) is 30.3 Å². The molecule has 0 spiro atoms. The molecular formula is C26H41N3O6. The average molecular weight is 492 g/mol. The van der Waals surface area contributed by atoms with Gasteiger partial charge in [0, 0.05) is 0 Å². The molecule has 9 nitrogen and oxygen atoms in total. The van der Waals surface area contributed by atoms with Crippen molar-refractivity contribution in [2.45, 2.75) is 91.5 Å². The normalized spacial score (nSPS) is 13.6. The Kier molecular flexibility index (Phi) is 13.5. The van der Waals surface area contributed by atoms with Crippen LogP contribution in [-0.2, 0) is 25.7 Å². The highest BCUT2D eigenvalue weighted by Crippen LogP contribution is 2.11. The van der Waals surface area contributed by atoms with Gasteiger partial charge in [-0.15, -0.1) is 0 Å². The number of amides is 3. The molecule has 1 aromatic rings. The van der Waals surface area contributed by atoms with Crippen LogP contribution in [0.2, 0.25) is 0 Å². The van der Waals surface area contributed by atoms with E-state index >= 15 is 0 Å². The van der Waals surface area contributed by atoms with Crippen molar-refractivity contribution in [2.75, 3.05) is 0 Å². The second-order valence-electron chi connectivity index (χ2n) is 9.62. The van der Waals surface area contributed by atoms with Gasteiger partial charge in [0.05, 0.1) is 0 Å². The molecule has 1 unspecified atom stereocenters. The lowest BCUT2D eigenvalue weighted by Gasteiger charge is -2.26. The largest absolute Gasteiger partial charge is 0.480 e. The summed E-state index contributed by atoms with van der Waals surface area (Å²) in [6.45, 7) is 9.65. The Bertz CT molecular complexity index is 813. The number of aliphatic carboxylic acids is 1. The van der Waals surface area contributed by atoms with Gasteiger partial charge in [-0.2, -0.15) is 0 Å². The van der Waals surface area contributed by atoms with Gasteiger partial charge >= 0.3 is 12.1 Å². The molecule has 0 saturated carbocycles. The number of hydrogen-bond acceptors (Lipinski definition) is 5. The number of alkyl carbamates (subject to hydrolysis) is 1. The summed E-state index contributed by atoms with van der Waals surface area (Å²) in [6, 6.07) is 6.33. The molecule has 3 amide bonds. The van der Waals surface area contributed by atoms with E-state index in [1.807, 2.05) is 65.0 Å². The highest BCUT2D eigenvalue weighted by Gasteiger charge is 2.30. The minimum atomic E-state index is -1.11. The molecule has 0 radical (unpaired) electrons. The highest BCUT2D eigenvalue weighted by molar-refractivity contribution is 5.92. The first-order valence-corrected chi connectivity index (χ1v) is 12.3. The van der Waals surface area contributed by atoms with Crippen LogP contribution in [0.4, 0.5) is 4.79 Å². The quantitative estimate of drug-likeness (QED) is 0.296. The molecule has 9 heteroatoms. The molecular weight excluding hydrogens is 450 g/mol. The van der Waals surface area contributed by atoms with Gasteiger partial charge in [-0.1, -0.05) is 77.8 Å². The molecule has 0 fully saturated rings. The molecule has 196 valence electrons. The first kappa shape index (κ1) is 29.9. The average Bonchev–Trinajstić information content (AvgIpc) is 2.79. The van der Waals surface area contributed by atoms with Crippen molar-refractivity contribution in [1.29, 1.82) is 0 Å². The predicted molar refractivity (Wildman–Crippen MR) is 133 cm³/mol. The summed E-state index contributed by atoms with van der Waals surface area (Å²) in [6.07, 6.45) is 1.70. The Morgan fingerprint density at radius 3 is 1.83 bits per heavy atom. The Labute approximate surface area is 208 Å². The summed E-state index contributed by atoms with van der Waals surface area (Å²) < 4.78 is 5.25. The molecule has 0 saturated heterocycles. The Hall–Kier alpha value is -3.10. The van der Waals surface area contributed by atoms with Gasteiger partial charge in [0.2, 0.25) is 11.8 Å². The zero-order valence-corrected chi connectivity index (χ0v) is 21.5. The number of carbonyl (C=O) groups is 4. The van der Waals surface area contributed by atoms with E-state index < -0.39 is 42.0 Å². The van der Waals surface area contributed by atoms with Crippen LogP contribution in [0.1, 0.15) is 72.3 Å². The van der Waals surface area contributed by atoms with E-state index in [0.29, 0.717) is 25.7 Å². The standard InChI is InChI=1S/C26H41N3O6/c1-6-7-13-20(25(32)33)27-23(30)21(14-17(2)3)28-24(31)22(15-18(4)5)29-26(34)35-16-19-11-9-8-10-12-19/h8-12,17-18,20-22H,6-7,13-16H2,1-5H3,(H,27,30)(H,28,31)(H,29,34)(H,32,33)/t20?,21-,22-/m0/s1. The van der Waals surface area contributed by atoms with Crippen molar-refractivity contribution in [2.24, 2.45) is 11.8 Å². The number of hydrogen-bond donors (Lipinski definition) is 4. The summed E-state index contributed by atoms with van der Waals surface area (Å²) in [5.41, 5.74) is 0.817. The fraction of sp³-hybridized carbons (Fsp3) is 0.615. The van der Waals surface area contributed by atoms with Gasteiger partial charge in [0.1, 0.15) is 24.7 Å². The summed E-state index contributed by atoms with van der Waals surface area (Å²) in [5, 5.41) is 17.3. The van der Waals surface area contributed by atoms with Crippen molar-refractivity contribution in [1.82, 2.24) is 16.0 Å². The van der Waals surface area contributed by atoms with Gasteiger partial charge in [0.15, 0.2) is 0 Å². The molecule has 0 aromatic heterocycles. The van der Waals surface area contributed by atoms with Gasteiger partial charge in [-0.05, 0) is 36.7 Å². The number of ether oxygens (including phenoxy) is 1. The van der Waals surface area contributed by atoms with Crippen LogP contribution in [0.3, 0.4) is 0 Å². The molecule has 1 aromatic carbocycles. The maximum Gasteiger partial charge on any atom is 0.408 e. The molecule has 0 aliphatic carbocycles. The van der Waals surface area contributed by atoms with Gasteiger partial charge in [-0.25, -0.2) is 9.59 Å². The lowest BCUT2D eigenvalue weighted by atomic mass is 9.99. The van der Waals surface area contributed by atoms with Crippen LogP contribution in [-0.4, -0.2) is 47.1 Å². The van der Waals surface area contributed by atoms with Crippen molar-refractivity contribution in [3.8, 4) is 0 Å². The third-order valence-electron chi connectivity index (χ3n) is 5.33. The van der Waals surface area contributed by atoms with Crippen LogP contribution in [0, 0.1) is 11.8 Å². The molecule has 1 rings (SSSR count). The maximum atomic E-state index is 13.1. The Morgan fingerprint density at radius 2 is 1.34 bits per heavy atom. The molecule has 3 atom stereocenters. The van der Waals surface area contributed by atoms with Crippen LogP contribution in [0.25, 0.3) is 0 Å². The van der Waals surface area contributed by atoms with E-state index in [-0.39, 0.29) is 18.4 Å². The van der Waals surface area contributed by atoms with Gasteiger partial charge in [0.25, 0.3) is 0 Å². The topological polar surface area (TPSA) is 134 Å². The predicted octanol–water partition coefficient (Wildman–Crippen LogP) is 3.62. The van der Waals surface area contributed by atoms with E-state index in [1.165, 1.54) is 0 Å². The van der Waals surface area contributed by atoms with Crippen molar-refractivity contribution in [3.63, 3.8) is 0 Å². The number of unbranched alkanes of at least 4 members (excludes halogenated alkanes) is 1. The summed E-state index contributed by atoms with van der Waals surface area (Å²) in [5.74, 6) is -2.02. The second kappa shape index (κ2) is 15.7. The third kappa shape index (κ3) is 12.2. The number of carbonyl (C=O) groups excluding carboxylic acids is 3. The molecule has 35 heavy (non-hydrogen) atoms. The zero-order chi connectivity index (χ0) is 26.4. The van der Waals surface area contributed by atoms with E-state index in [2.05, 4.69) is 16.0 Å². The Balaban J connectivity index is 2.86. The van der Waals surface area contributed by atoms with Crippen LogP contribution >= 0.6 is 0 Å². The van der Waals surface area contributed by atoms with E-state index in [0.717, 1.165) is 12.0 Å². The fourth-order valence-electron chi connectivity index (χ4n) is 3.52. The first-order valence-electron chi connectivity index (χ1n) is 12.3.